The molecule has 0 saturated heterocycles. The Kier molecular flexibility index (Phi) is 3.57. The number of nitrogens with one attached hydrogen (secondary N) is 1. The first-order chi connectivity index (χ1) is 6.95. The van der Waals surface area contributed by atoms with E-state index in [1.807, 2.05) is 6.92 Å². The standard InChI is InChI=1S/C10H16N2O2S/c1-3-6-12-10-5-4-8(7-9(10)11)15(2,13)14/h4-5,7,12H,3,6,11H2,1-2H3. The molecule has 15 heavy (non-hydrogen) atoms. The fraction of sp³-hybridized carbons (Fsp3) is 0.400. The van der Waals surface area contributed by atoms with Crippen LogP contribution in [0.15, 0.2) is 23.1 Å². The van der Waals surface area contributed by atoms with E-state index in [1.165, 1.54) is 12.3 Å². The molecule has 4 nitrogen and oxygen atoms in total. The summed E-state index contributed by atoms with van der Waals surface area (Å²) in [4.78, 5) is 0.252. The van der Waals surface area contributed by atoms with Gasteiger partial charge in [0.25, 0.3) is 0 Å². The predicted octanol–water partition coefficient (Wildman–Crippen LogP) is 1.49. The lowest BCUT2D eigenvalue weighted by Gasteiger charge is -2.09. The maximum atomic E-state index is 11.2. The van der Waals surface area contributed by atoms with Crippen molar-refractivity contribution in [3.63, 3.8) is 0 Å². The Morgan fingerprint density at radius 1 is 1.40 bits per heavy atom. The van der Waals surface area contributed by atoms with Crippen LogP contribution in [0.25, 0.3) is 0 Å². The van der Waals surface area contributed by atoms with Crippen molar-refractivity contribution >= 4 is 21.2 Å². The zero-order valence-electron chi connectivity index (χ0n) is 8.95. The molecular weight excluding hydrogens is 212 g/mol. The number of anilines is 2. The number of hydrogen-bond acceptors (Lipinski definition) is 4. The number of sulfone groups is 1. The van der Waals surface area contributed by atoms with Gasteiger partial charge in [-0.3, -0.25) is 0 Å². The van der Waals surface area contributed by atoms with Gasteiger partial charge in [-0.15, -0.1) is 0 Å². The molecule has 0 heterocycles. The second-order valence-corrected chi connectivity index (χ2v) is 5.46. The van der Waals surface area contributed by atoms with Crippen LogP contribution in [0.3, 0.4) is 0 Å². The minimum Gasteiger partial charge on any atom is -0.397 e. The summed E-state index contributed by atoms with van der Waals surface area (Å²) in [5, 5.41) is 3.12. The molecular formula is C10H16N2O2S. The monoisotopic (exact) mass is 228 g/mol. The van der Waals surface area contributed by atoms with Gasteiger partial charge in [0.05, 0.1) is 16.3 Å². The maximum Gasteiger partial charge on any atom is 0.175 e. The predicted molar refractivity (Wildman–Crippen MR) is 62.7 cm³/mol. The molecule has 0 aromatic heterocycles. The third-order valence-corrected chi connectivity index (χ3v) is 3.13. The van der Waals surface area contributed by atoms with Crippen LogP contribution in [0.5, 0.6) is 0 Å². The van der Waals surface area contributed by atoms with Crippen LogP contribution >= 0.6 is 0 Å². The van der Waals surface area contributed by atoms with E-state index in [9.17, 15) is 8.42 Å². The zero-order valence-corrected chi connectivity index (χ0v) is 9.76. The van der Waals surface area contributed by atoms with E-state index in [4.69, 9.17) is 5.73 Å². The van der Waals surface area contributed by atoms with Gasteiger partial charge in [0.1, 0.15) is 0 Å². The van der Waals surface area contributed by atoms with Gasteiger partial charge < -0.3 is 11.1 Å². The summed E-state index contributed by atoms with van der Waals surface area (Å²) in [6, 6.07) is 4.73. The first kappa shape index (κ1) is 11.8. The summed E-state index contributed by atoms with van der Waals surface area (Å²) in [5.74, 6) is 0. The number of hydrogen-bond donors (Lipinski definition) is 2. The van der Waals surface area contributed by atoms with E-state index in [0.717, 1.165) is 18.7 Å². The average molecular weight is 228 g/mol. The summed E-state index contributed by atoms with van der Waals surface area (Å²) in [7, 11) is -3.17. The molecule has 0 aliphatic rings. The highest BCUT2D eigenvalue weighted by Crippen LogP contribution is 2.22. The third kappa shape index (κ3) is 3.13. The van der Waals surface area contributed by atoms with Gasteiger partial charge in [0.2, 0.25) is 0 Å². The van der Waals surface area contributed by atoms with E-state index in [-0.39, 0.29) is 4.90 Å². The van der Waals surface area contributed by atoms with Gasteiger partial charge in [-0.05, 0) is 24.6 Å². The van der Waals surface area contributed by atoms with Crippen molar-refractivity contribution in [2.24, 2.45) is 0 Å². The second kappa shape index (κ2) is 4.53. The Bertz CT molecular complexity index is 441. The molecule has 84 valence electrons. The Hall–Kier alpha value is -1.23. The highest BCUT2D eigenvalue weighted by Gasteiger charge is 2.08. The van der Waals surface area contributed by atoms with E-state index >= 15 is 0 Å². The first-order valence-corrected chi connectivity index (χ1v) is 6.67. The van der Waals surface area contributed by atoms with Gasteiger partial charge in [-0.25, -0.2) is 8.42 Å². The molecule has 0 amide bonds. The molecule has 3 N–H and O–H groups in total. The number of nitrogens with two attached hydrogens (primary N) is 1. The molecule has 1 rings (SSSR count). The van der Waals surface area contributed by atoms with Gasteiger partial charge in [0, 0.05) is 12.8 Å². The lowest BCUT2D eigenvalue weighted by atomic mass is 10.2. The maximum absolute atomic E-state index is 11.2. The number of nitrogen functional groups attached to an aromatic ring is 1. The van der Waals surface area contributed by atoms with Crippen molar-refractivity contribution in [2.75, 3.05) is 23.9 Å². The quantitative estimate of drug-likeness (QED) is 0.766. The first-order valence-electron chi connectivity index (χ1n) is 4.78. The molecule has 0 radical (unpaired) electrons. The molecule has 1 aromatic carbocycles. The van der Waals surface area contributed by atoms with Crippen LogP contribution in [0.4, 0.5) is 11.4 Å². The smallest absolute Gasteiger partial charge is 0.175 e. The lowest BCUT2D eigenvalue weighted by molar-refractivity contribution is 0.602. The molecule has 0 spiro atoms. The molecule has 5 heteroatoms. The Morgan fingerprint density at radius 2 is 2.07 bits per heavy atom. The van der Waals surface area contributed by atoms with Crippen molar-refractivity contribution in [1.82, 2.24) is 0 Å². The molecule has 0 aliphatic carbocycles. The normalized spacial score (nSPS) is 11.3. The van der Waals surface area contributed by atoms with Crippen LogP contribution < -0.4 is 11.1 Å². The summed E-state index contributed by atoms with van der Waals surface area (Å²) in [6.07, 6.45) is 2.16. The van der Waals surface area contributed by atoms with Gasteiger partial charge in [-0.2, -0.15) is 0 Å². The fourth-order valence-corrected chi connectivity index (χ4v) is 1.85. The third-order valence-electron chi connectivity index (χ3n) is 2.02. The van der Waals surface area contributed by atoms with Crippen LogP contribution in [0.2, 0.25) is 0 Å². The topological polar surface area (TPSA) is 72.2 Å². The molecule has 0 aliphatic heterocycles. The minimum absolute atomic E-state index is 0.252. The van der Waals surface area contributed by atoms with Crippen molar-refractivity contribution in [3.8, 4) is 0 Å². The summed E-state index contributed by atoms with van der Waals surface area (Å²) < 4.78 is 22.5. The molecule has 0 unspecified atom stereocenters. The van der Waals surface area contributed by atoms with Crippen molar-refractivity contribution in [2.45, 2.75) is 18.2 Å². The summed E-state index contributed by atoms with van der Waals surface area (Å²) >= 11 is 0. The highest BCUT2D eigenvalue weighted by atomic mass is 32.2. The van der Waals surface area contributed by atoms with Gasteiger partial charge in [0.15, 0.2) is 9.84 Å². The summed E-state index contributed by atoms with van der Waals surface area (Å²) in [5.41, 5.74) is 6.98. The van der Waals surface area contributed by atoms with Crippen molar-refractivity contribution < 1.29 is 8.42 Å². The van der Waals surface area contributed by atoms with Crippen LogP contribution in [0.1, 0.15) is 13.3 Å². The fourth-order valence-electron chi connectivity index (χ4n) is 1.19. The molecule has 0 fully saturated rings. The average Bonchev–Trinajstić information content (AvgIpc) is 2.14. The largest absolute Gasteiger partial charge is 0.397 e. The van der Waals surface area contributed by atoms with E-state index in [0.29, 0.717) is 5.69 Å². The molecule has 0 atom stereocenters. The summed E-state index contributed by atoms with van der Waals surface area (Å²) in [6.45, 7) is 2.87. The van der Waals surface area contributed by atoms with Crippen molar-refractivity contribution in [3.05, 3.63) is 18.2 Å². The van der Waals surface area contributed by atoms with Crippen LogP contribution in [-0.4, -0.2) is 21.2 Å². The SMILES string of the molecule is CCCNc1ccc(S(C)(=O)=O)cc1N. The minimum atomic E-state index is -3.17. The molecule has 0 saturated carbocycles. The van der Waals surface area contributed by atoms with Gasteiger partial charge in [-0.1, -0.05) is 6.92 Å². The molecule has 0 bridgehead atoms. The number of benzene rings is 1. The Labute approximate surface area is 90.4 Å². The van der Waals surface area contributed by atoms with Crippen molar-refractivity contribution in [1.29, 1.82) is 0 Å². The Morgan fingerprint density at radius 3 is 2.53 bits per heavy atom. The number of rotatable bonds is 4. The lowest BCUT2D eigenvalue weighted by Crippen LogP contribution is -2.05. The van der Waals surface area contributed by atoms with Crippen LogP contribution in [-0.2, 0) is 9.84 Å². The highest BCUT2D eigenvalue weighted by molar-refractivity contribution is 7.90. The van der Waals surface area contributed by atoms with Gasteiger partial charge >= 0.3 is 0 Å². The van der Waals surface area contributed by atoms with E-state index < -0.39 is 9.84 Å². The van der Waals surface area contributed by atoms with E-state index in [1.54, 1.807) is 12.1 Å². The zero-order chi connectivity index (χ0) is 11.5. The van der Waals surface area contributed by atoms with Crippen LogP contribution in [0, 0.1) is 0 Å². The second-order valence-electron chi connectivity index (χ2n) is 3.45. The Balaban J connectivity index is 2.99. The van der Waals surface area contributed by atoms with E-state index in [2.05, 4.69) is 5.32 Å². The molecule has 1 aromatic rings.